The van der Waals surface area contributed by atoms with E-state index in [1.807, 2.05) is 0 Å². The van der Waals surface area contributed by atoms with Crippen molar-refractivity contribution in [1.29, 1.82) is 0 Å². The van der Waals surface area contributed by atoms with Gasteiger partial charge in [0, 0.05) is 11.8 Å². The topological polar surface area (TPSA) is 17.1 Å². The van der Waals surface area contributed by atoms with Crippen LogP contribution in [0, 0.1) is 17.3 Å². The zero-order valence-electron chi connectivity index (χ0n) is 8.27. The summed E-state index contributed by atoms with van der Waals surface area (Å²) in [6.45, 7) is 7.73. The monoisotopic (exact) mass is 164 g/mol. The zero-order valence-corrected chi connectivity index (χ0v) is 8.27. The van der Waals surface area contributed by atoms with E-state index in [-0.39, 0.29) is 11.2 Å². The van der Waals surface area contributed by atoms with Crippen molar-refractivity contribution in [3.8, 4) is 11.8 Å². The van der Waals surface area contributed by atoms with Crippen molar-refractivity contribution in [3.63, 3.8) is 0 Å². The number of allylic oxidation sites excluding steroid dienone is 2. The van der Waals surface area contributed by atoms with Gasteiger partial charge in [0.15, 0.2) is 0 Å². The summed E-state index contributed by atoms with van der Waals surface area (Å²) in [6.07, 6.45) is 4.02. The quantitative estimate of drug-likeness (QED) is 0.573. The molecule has 0 saturated carbocycles. The molecule has 0 aliphatic carbocycles. The van der Waals surface area contributed by atoms with Crippen LogP contribution in [0.4, 0.5) is 0 Å². The molecule has 0 N–H and O–H groups in total. The maximum Gasteiger partial charge on any atom is 0.133 e. The molecular weight excluding hydrogens is 148 g/mol. The van der Waals surface area contributed by atoms with E-state index < -0.39 is 0 Å². The predicted octanol–water partition coefficient (Wildman–Crippen LogP) is 2.57. The van der Waals surface area contributed by atoms with Gasteiger partial charge in [0.25, 0.3) is 0 Å². The minimum Gasteiger partial charge on any atom is -0.300 e. The minimum absolute atomic E-state index is 0.0422. The first-order valence-corrected chi connectivity index (χ1v) is 4.09. The molecule has 0 unspecified atom stereocenters. The van der Waals surface area contributed by atoms with E-state index in [2.05, 4.69) is 32.6 Å². The Kier molecular flexibility index (Phi) is 4.36. The Morgan fingerprint density at radius 1 is 1.42 bits per heavy atom. The fourth-order valence-corrected chi connectivity index (χ4v) is 0.542. The number of ketones is 1. The molecular formula is C11H16O. The van der Waals surface area contributed by atoms with Crippen LogP contribution >= 0.6 is 0 Å². The SMILES string of the molecule is CC(=O)C/C=C/C#CC(C)(C)C. The maximum atomic E-state index is 10.5. The van der Waals surface area contributed by atoms with Gasteiger partial charge in [-0.2, -0.15) is 0 Å². The molecule has 12 heavy (non-hydrogen) atoms. The van der Waals surface area contributed by atoms with Crippen molar-refractivity contribution in [3.05, 3.63) is 12.2 Å². The summed E-state index contributed by atoms with van der Waals surface area (Å²) >= 11 is 0. The number of carbonyl (C=O) groups excluding carboxylic acids is 1. The lowest BCUT2D eigenvalue weighted by Gasteiger charge is -2.05. The summed E-state index contributed by atoms with van der Waals surface area (Å²) in [4.78, 5) is 10.5. The maximum absolute atomic E-state index is 10.5. The van der Waals surface area contributed by atoms with Crippen molar-refractivity contribution >= 4 is 5.78 Å². The van der Waals surface area contributed by atoms with Crippen LogP contribution in [0.3, 0.4) is 0 Å². The number of hydrogen-bond acceptors (Lipinski definition) is 1. The van der Waals surface area contributed by atoms with Crippen LogP contribution in [0.2, 0.25) is 0 Å². The summed E-state index contributed by atoms with van der Waals surface area (Å²) in [5, 5.41) is 0. The van der Waals surface area contributed by atoms with E-state index in [9.17, 15) is 4.79 Å². The van der Waals surface area contributed by atoms with Gasteiger partial charge in [-0.1, -0.05) is 17.9 Å². The summed E-state index contributed by atoms with van der Waals surface area (Å²) in [6, 6.07) is 0. The van der Waals surface area contributed by atoms with Crippen LogP contribution in [0.25, 0.3) is 0 Å². The van der Waals surface area contributed by atoms with E-state index in [1.165, 1.54) is 0 Å². The molecule has 0 heterocycles. The first kappa shape index (κ1) is 11.0. The first-order chi connectivity index (χ1) is 5.42. The third-order valence-corrected chi connectivity index (χ3v) is 1.05. The molecule has 0 amide bonds. The van der Waals surface area contributed by atoms with Gasteiger partial charge >= 0.3 is 0 Å². The highest BCUT2D eigenvalue weighted by Crippen LogP contribution is 2.09. The molecule has 0 fully saturated rings. The highest BCUT2D eigenvalue weighted by atomic mass is 16.1. The predicted molar refractivity (Wildman–Crippen MR) is 51.7 cm³/mol. The highest BCUT2D eigenvalue weighted by molar-refractivity contribution is 5.77. The molecule has 0 aromatic rings. The Balaban J connectivity index is 3.86. The first-order valence-electron chi connectivity index (χ1n) is 4.09. The van der Waals surface area contributed by atoms with Crippen LogP contribution in [0.15, 0.2) is 12.2 Å². The lowest BCUT2D eigenvalue weighted by Crippen LogP contribution is -1.98. The molecule has 0 spiro atoms. The Hall–Kier alpha value is -1.03. The van der Waals surface area contributed by atoms with Gasteiger partial charge in [0.2, 0.25) is 0 Å². The van der Waals surface area contributed by atoms with Gasteiger partial charge in [-0.05, 0) is 33.8 Å². The number of carbonyl (C=O) groups is 1. The fourth-order valence-electron chi connectivity index (χ4n) is 0.542. The van der Waals surface area contributed by atoms with Gasteiger partial charge in [-0.15, -0.1) is 0 Å². The van der Waals surface area contributed by atoms with Crippen LogP contribution in [-0.4, -0.2) is 5.78 Å². The average molecular weight is 164 g/mol. The van der Waals surface area contributed by atoms with Gasteiger partial charge in [-0.3, -0.25) is 4.79 Å². The molecule has 0 bridgehead atoms. The largest absolute Gasteiger partial charge is 0.300 e. The smallest absolute Gasteiger partial charge is 0.133 e. The van der Waals surface area contributed by atoms with Crippen LogP contribution < -0.4 is 0 Å². The summed E-state index contributed by atoms with van der Waals surface area (Å²) < 4.78 is 0. The Bertz CT molecular complexity index is 230. The van der Waals surface area contributed by atoms with Crippen molar-refractivity contribution in [2.75, 3.05) is 0 Å². The lowest BCUT2D eigenvalue weighted by atomic mass is 9.98. The number of Topliss-reactive ketones (excluding diaryl/α,β-unsaturated/α-hetero) is 1. The van der Waals surface area contributed by atoms with Gasteiger partial charge in [0.1, 0.15) is 5.78 Å². The van der Waals surface area contributed by atoms with Crippen LogP contribution in [0.1, 0.15) is 34.1 Å². The van der Waals surface area contributed by atoms with Gasteiger partial charge < -0.3 is 0 Å². The van der Waals surface area contributed by atoms with E-state index in [0.29, 0.717) is 6.42 Å². The molecule has 0 rings (SSSR count). The molecule has 0 aromatic carbocycles. The van der Waals surface area contributed by atoms with Crippen molar-refractivity contribution in [2.24, 2.45) is 5.41 Å². The van der Waals surface area contributed by atoms with Crippen LogP contribution in [0.5, 0.6) is 0 Å². The van der Waals surface area contributed by atoms with Crippen molar-refractivity contribution in [2.45, 2.75) is 34.1 Å². The second-order valence-electron chi connectivity index (χ2n) is 3.83. The summed E-state index contributed by atoms with van der Waals surface area (Å²) in [5.41, 5.74) is 0.0422. The number of rotatable bonds is 2. The lowest BCUT2D eigenvalue weighted by molar-refractivity contribution is -0.116. The van der Waals surface area contributed by atoms with Crippen molar-refractivity contribution < 1.29 is 4.79 Å². The highest BCUT2D eigenvalue weighted by Gasteiger charge is 2.02. The molecule has 0 aromatic heterocycles. The molecule has 0 aliphatic heterocycles. The molecule has 0 atom stereocenters. The normalized spacial score (nSPS) is 11.0. The molecule has 66 valence electrons. The molecule has 1 nitrogen and oxygen atoms in total. The van der Waals surface area contributed by atoms with E-state index in [1.54, 1.807) is 19.1 Å². The van der Waals surface area contributed by atoms with E-state index in [4.69, 9.17) is 0 Å². The Morgan fingerprint density at radius 2 is 2.00 bits per heavy atom. The van der Waals surface area contributed by atoms with E-state index >= 15 is 0 Å². The summed E-state index contributed by atoms with van der Waals surface area (Å²) in [5.74, 6) is 6.12. The second-order valence-corrected chi connectivity index (χ2v) is 3.83. The minimum atomic E-state index is 0.0422. The molecule has 1 heteroatoms. The zero-order chi connectivity index (χ0) is 9.61. The molecule has 0 radical (unpaired) electrons. The fraction of sp³-hybridized carbons (Fsp3) is 0.545. The second kappa shape index (κ2) is 4.77. The molecule has 0 aliphatic rings. The Labute approximate surface area is 74.9 Å². The third-order valence-electron chi connectivity index (χ3n) is 1.05. The third kappa shape index (κ3) is 8.97. The number of hydrogen-bond donors (Lipinski definition) is 0. The van der Waals surface area contributed by atoms with Crippen molar-refractivity contribution in [1.82, 2.24) is 0 Å². The van der Waals surface area contributed by atoms with Gasteiger partial charge in [-0.25, -0.2) is 0 Å². The van der Waals surface area contributed by atoms with Gasteiger partial charge in [0.05, 0.1) is 0 Å². The standard InChI is InChI=1S/C11H16O/c1-10(12)8-6-5-7-9-11(2,3)4/h5-6H,8H2,1-4H3/b6-5+. The van der Waals surface area contributed by atoms with Crippen LogP contribution in [-0.2, 0) is 4.79 Å². The Morgan fingerprint density at radius 3 is 2.42 bits per heavy atom. The average Bonchev–Trinajstić information content (AvgIpc) is 1.83. The van der Waals surface area contributed by atoms with E-state index in [0.717, 1.165) is 0 Å². The summed E-state index contributed by atoms with van der Waals surface area (Å²) in [7, 11) is 0. The molecule has 0 saturated heterocycles.